The average Bonchev–Trinajstić information content (AvgIpc) is 3.28. The first-order valence-electron chi connectivity index (χ1n) is 9.54. The highest BCUT2D eigenvalue weighted by Crippen LogP contribution is 2.24. The van der Waals surface area contributed by atoms with Gasteiger partial charge in [-0.3, -0.25) is 4.72 Å². The van der Waals surface area contributed by atoms with Gasteiger partial charge < -0.3 is 4.90 Å². The fourth-order valence-corrected chi connectivity index (χ4v) is 4.13. The highest BCUT2D eigenvalue weighted by atomic mass is 32.2. The van der Waals surface area contributed by atoms with Crippen LogP contribution in [0.1, 0.15) is 18.4 Å². The molecule has 0 amide bonds. The molecular formula is C22H22N4O2S. The molecule has 0 spiro atoms. The summed E-state index contributed by atoms with van der Waals surface area (Å²) in [6, 6.07) is 20.3. The number of benzene rings is 2. The van der Waals surface area contributed by atoms with E-state index in [-0.39, 0.29) is 0 Å². The second-order valence-electron chi connectivity index (χ2n) is 6.91. The zero-order valence-electron chi connectivity index (χ0n) is 15.9. The van der Waals surface area contributed by atoms with Gasteiger partial charge in [0.2, 0.25) is 0 Å². The number of aromatic nitrogens is 2. The fourth-order valence-electron chi connectivity index (χ4n) is 3.27. The fraction of sp³-hybridized carbons (Fsp3) is 0.182. The van der Waals surface area contributed by atoms with Crippen molar-refractivity contribution in [1.82, 2.24) is 10.2 Å². The highest BCUT2D eigenvalue weighted by molar-refractivity contribution is 7.95. The lowest BCUT2D eigenvalue weighted by molar-refractivity contribution is 0.609. The van der Waals surface area contributed by atoms with Crippen molar-refractivity contribution in [2.75, 3.05) is 22.7 Å². The molecule has 0 aliphatic carbocycles. The Kier molecular flexibility index (Phi) is 5.57. The smallest absolute Gasteiger partial charge is 0.255 e. The third-order valence-electron chi connectivity index (χ3n) is 4.74. The molecule has 2 aromatic carbocycles. The summed E-state index contributed by atoms with van der Waals surface area (Å²) in [5.74, 6) is 0.883. The second-order valence-corrected chi connectivity index (χ2v) is 8.48. The van der Waals surface area contributed by atoms with Gasteiger partial charge >= 0.3 is 0 Å². The minimum absolute atomic E-state index is 0.477. The van der Waals surface area contributed by atoms with Crippen LogP contribution in [0.4, 0.5) is 11.5 Å². The Bertz CT molecular complexity index is 1090. The summed E-state index contributed by atoms with van der Waals surface area (Å²) in [5, 5.41) is 9.82. The third kappa shape index (κ3) is 5.00. The van der Waals surface area contributed by atoms with Crippen molar-refractivity contribution in [3.05, 3.63) is 77.7 Å². The molecule has 0 unspecified atom stereocenters. The van der Waals surface area contributed by atoms with Gasteiger partial charge in [-0.2, -0.15) is 0 Å². The van der Waals surface area contributed by atoms with Gasteiger partial charge in [0.25, 0.3) is 10.0 Å². The number of anilines is 2. The molecule has 29 heavy (non-hydrogen) atoms. The molecule has 148 valence electrons. The van der Waals surface area contributed by atoms with Gasteiger partial charge in [-0.05, 0) is 48.7 Å². The predicted molar refractivity (Wildman–Crippen MR) is 117 cm³/mol. The van der Waals surface area contributed by atoms with Crippen molar-refractivity contribution in [3.63, 3.8) is 0 Å². The Morgan fingerprint density at radius 1 is 0.897 bits per heavy atom. The topological polar surface area (TPSA) is 75.2 Å². The first-order valence-corrected chi connectivity index (χ1v) is 11.1. The van der Waals surface area contributed by atoms with Crippen molar-refractivity contribution < 1.29 is 8.42 Å². The van der Waals surface area contributed by atoms with E-state index in [1.807, 2.05) is 48.5 Å². The number of rotatable bonds is 6. The maximum absolute atomic E-state index is 12.4. The van der Waals surface area contributed by atoms with Crippen LogP contribution in [-0.4, -0.2) is 31.7 Å². The molecule has 1 aliphatic rings. The summed E-state index contributed by atoms with van der Waals surface area (Å²) >= 11 is 0. The Hall–Kier alpha value is -3.19. The van der Waals surface area contributed by atoms with Crippen molar-refractivity contribution in [3.8, 4) is 11.3 Å². The zero-order valence-corrected chi connectivity index (χ0v) is 16.7. The lowest BCUT2D eigenvalue weighted by atomic mass is 10.1. The van der Waals surface area contributed by atoms with E-state index in [4.69, 9.17) is 0 Å². The summed E-state index contributed by atoms with van der Waals surface area (Å²) in [6.07, 6.45) is 3.93. The van der Waals surface area contributed by atoms with Gasteiger partial charge in [0.1, 0.15) is 0 Å². The molecule has 0 atom stereocenters. The first kappa shape index (κ1) is 19.1. The van der Waals surface area contributed by atoms with Crippen molar-refractivity contribution in [2.45, 2.75) is 12.8 Å². The van der Waals surface area contributed by atoms with Gasteiger partial charge in [-0.15, -0.1) is 10.2 Å². The Balaban J connectivity index is 1.49. The lowest BCUT2D eigenvalue weighted by Gasteiger charge is -2.15. The lowest BCUT2D eigenvalue weighted by Crippen LogP contribution is -2.19. The van der Waals surface area contributed by atoms with Crippen LogP contribution in [-0.2, 0) is 10.0 Å². The van der Waals surface area contributed by atoms with Crippen LogP contribution in [0.15, 0.2) is 72.1 Å². The van der Waals surface area contributed by atoms with Gasteiger partial charge in [0.15, 0.2) is 5.82 Å². The SMILES string of the molecule is O=S(=O)(C=Cc1ccccc1)Nc1cccc(-c2ccc(N3CCCC3)nn2)c1. The van der Waals surface area contributed by atoms with Crippen molar-refractivity contribution in [1.29, 1.82) is 0 Å². The number of nitrogens with zero attached hydrogens (tertiary/aromatic N) is 3. The Morgan fingerprint density at radius 2 is 1.69 bits per heavy atom. The van der Waals surface area contributed by atoms with E-state index in [9.17, 15) is 8.42 Å². The number of hydrogen-bond acceptors (Lipinski definition) is 5. The summed E-state index contributed by atoms with van der Waals surface area (Å²) in [7, 11) is -3.62. The largest absolute Gasteiger partial charge is 0.355 e. The quantitative estimate of drug-likeness (QED) is 0.665. The van der Waals surface area contributed by atoms with E-state index in [0.717, 1.165) is 30.0 Å². The molecule has 1 aromatic heterocycles. The summed E-state index contributed by atoms with van der Waals surface area (Å²) in [6.45, 7) is 2.03. The van der Waals surface area contributed by atoms with Crippen molar-refractivity contribution >= 4 is 27.6 Å². The monoisotopic (exact) mass is 406 g/mol. The van der Waals surface area contributed by atoms with Gasteiger partial charge in [0, 0.05) is 24.3 Å². The van der Waals surface area contributed by atoms with Crippen LogP contribution in [0, 0.1) is 0 Å². The molecule has 0 saturated carbocycles. The van der Waals surface area contributed by atoms with E-state index >= 15 is 0 Å². The minimum atomic E-state index is -3.62. The molecule has 1 fully saturated rings. The Morgan fingerprint density at radius 3 is 2.41 bits per heavy atom. The molecule has 1 aliphatic heterocycles. The molecule has 1 saturated heterocycles. The second kappa shape index (κ2) is 8.45. The Labute approximate surface area is 171 Å². The van der Waals surface area contributed by atoms with Crippen LogP contribution in [0.5, 0.6) is 0 Å². The molecular weight excluding hydrogens is 384 g/mol. The molecule has 6 nitrogen and oxygen atoms in total. The molecule has 7 heteroatoms. The molecule has 1 N–H and O–H groups in total. The highest BCUT2D eigenvalue weighted by Gasteiger charge is 2.14. The summed E-state index contributed by atoms with van der Waals surface area (Å²) in [4.78, 5) is 2.22. The van der Waals surface area contributed by atoms with Crippen LogP contribution in [0.25, 0.3) is 17.3 Å². The first-order chi connectivity index (χ1) is 14.1. The standard InChI is InChI=1S/C22H22N4O2S/c27-29(28,16-13-18-7-2-1-3-8-18)25-20-10-6-9-19(17-20)21-11-12-22(24-23-21)26-14-4-5-15-26/h1-3,6-13,16-17,25H,4-5,14-15H2. The third-order valence-corrected chi connectivity index (χ3v) is 5.75. The number of hydrogen-bond donors (Lipinski definition) is 1. The number of sulfonamides is 1. The molecule has 2 heterocycles. The van der Waals surface area contributed by atoms with Crippen molar-refractivity contribution in [2.24, 2.45) is 0 Å². The summed E-state index contributed by atoms with van der Waals surface area (Å²) < 4.78 is 27.3. The van der Waals surface area contributed by atoms with Gasteiger partial charge in [0.05, 0.1) is 11.1 Å². The molecule has 4 rings (SSSR count). The molecule has 0 radical (unpaired) electrons. The van der Waals surface area contributed by atoms with Gasteiger partial charge in [-0.1, -0.05) is 42.5 Å². The maximum Gasteiger partial charge on any atom is 0.255 e. The maximum atomic E-state index is 12.4. The van der Waals surface area contributed by atoms with E-state index in [1.54, 1.807) is 24.3 Å². The molecule has 0 bridgehead atoms. The van der Waals surface area contributed by atoms with Crippen LogP contribution in [0.3, 0.4) is 0 Å². The minimum Gasteiger partial charge on any atom is -0.355 e. The van der Waals surface area contributed by atoms with Gasteiger partial charge in [-0.25, -0.2) is 8.42 Å². The van der Waals surface area contributed by atoms with Crippen LogP contribution < -0.4 is 9.62 Å². The number of nitrogens with one attached hydrogen (secondary N) is 1. The predicted octanol–water partition coefficient (Wildman–Crippen LogP) is 4.16. The summed E-state index contributed by atoms with van der Waals surface area (Å²) in [5.41, 5.74) is 2.80. The average molecular weight is 407 g/mol. The van der Waals surface area contributed by atoms with E-state index < -0.39 is 10.0 Å². The normalized spacial score (nSPS) is 14.4. The zero-order chi connectivity index (χ0) is 20.1. The van der Waals surface area contributed by atoms with Crippen LogP contribution in [0.2, 0.25) is 0 Å². The van der Waals surface area contributed by atoms with Crippen LogP contribution >= 0.6 is 0 Å². The van der Waals surface area contributed by atoms with E-state index in [2.05, 4.69) is 19.8 Å². The molecule has 3 aromatic rings. The van der Waals surface area contributed by atoms with E-state index in [0.29, 0.717) is 11.4 Å². The van der Waals surface area contributed by atoms with E-state index in [1.165, 1.54) is 18.2 Å².